The molecule has 1 rings (SSSR count). The molecule has 1 aromatic rings. The van der Waals surface area contributed by atoms with Crippen LogP contribution < -0.4 is 5.73 Å². The molecule has 3 N–H and O–H groups in total. The molecule has 8 nitrogen and oxygen atoms in total. The van der Waals surface area contributed by atoms with Gasteiger partial charge in [-0.15, -0.1) is 5.10 Å². The lowest BCUT2D eigenvalue weighted by atomic mass is 10.3. The summed E-state index contributed by atoms with van der Waals surface area (Å²) >= 11 is 0. The van der Waals surface area contributed by atoms with Gasteiger partial charge in [0, 0.05) is 6.54 Å². The number of nitrogens with two attached hydrogens (primary N) is 1. The smallest absolute Gasteiger partial charge is 0.406 e. The van der Waals surface area contributed by atoms with Gasteiger partial charge in [-0.3, -0.25) is 14.7 Å². The van der Waals surface area contributed by atoms with Gasteiger partial charge in [0.05, 0.1) is 13.5 Å². The second-order valence-electron chi connectivity index (χ2n) is 3.71. The maximum atomic E-state index is 12.4. The number of carbonyl (C=O) groups is 2. The van der Waals surface area contributed by atoms with Gasteiger partial charge >= 0.3 is 12.1 Å². The van der Waals surface area contributed by atoms with E-state index in [4.69, 9.17) is 5.73 Å². The third kappa shape index (κ3) is 4.74. The van der Waals surface area contributed by atoms with Gasteiger partial charge in [0.15, 0.2) is 0 Å². The lowest BCUT2D eigenvalue weighted by Gasteiger charge is -2.22. The van der Waals surface area contributed by atoms with Gasteiger partial charge in [-0.25, -0.2) is 0 Å². The molecule has 0 aliphatic rings. The summed E-state index contributed by atoms with van der Waals surface area (Å²) in [6.07, 6.45) is -4.99. The summed E-state index contributed by atoms with van der Waals surface area (Å²) in [4.78, 5) is 26.6. The zero-order chi connectivity index (χ0) is 15.3. The molecule has 0 aliphatic heterocycles. The Labute approximate surface area is 111 Å². The van der Waals surface area contributed by atoms with Gasteiger partial charge in [0.2, 0.25) is 11.8 Å². The van der Waals surface area contributed by atoms with Gasteiger partial charge < -0.3 is 15.4 Å². The number of nitrogen functional groups attached to an aromatic ring is 1. The summed E-state index contributed by atoms with van der Waals surface area (Å²) < 4.78 is 41.5. The van der Waals surface area contributed by atoms with Crippen molar-refractivity contribution in [3.8, 4) is 0 Å². The van der Waals surface area contributed by atoms with E-state index in [0.717, 1.165) is 7.11 Å². The minimum Gasteiger partial charge on any atom is -0.469 e. The topological polar surface area (TPSA) is 114 Å². The zero-order valence-electron chi connectivity index (χ0n) is 10.4. The highest BCUT2D eigenvalue weighted by Gasteiger charge is 2.34. The van der Waals surface area contributed by atoms with E-state index < -0.39 is 37.0 Å². The molecule has 20 heavy (non-hydrogen) atoms. The van der Waals surface area contributed by atoms with Crippen LogP contribution in [0.4, 0.5) is 19.1 Å². The van der Waals surface area contributed by atoms with Crippen LogP contribution in [0, 0.1) is 0 Å². The molecule has 0 aromatic carbocycles. The molecule has 0 spiro atoms. The maximum Gasteiger partial charge on any atom is 0.406 e. The van der Waals surface area contributed by atoms with Crippen LogP contribution in [0.2, 0.25) is 0 Å². The summed E-state index contributed by atoms with van der Waals surface area (Å²) in [5, 5.41) is 5.46. The van der Waals surface area contributed by atoms with Gasteiger partial charge in [0.25, 0.3) is 5.91 Å². The molecule has 112 valence electrons. The van der Waals surface area contributed by atoms with Crippen LogP contribution in [-0.2, 0) is 9.53 Å². The Morgan fingerprint density at radius 2 is 2.10 bits per heavy atom. The zero-order valence-corrected chi connectivity index (χ0v) is 10.4. The number of hydrogen-bond donors (Lipinski definition) is 2. The number of halogens is 3. The van der Waals surface area contributed by atoms with Crippen molar-refractivity contribution in [2.75, 3.05) is 25.9 Å². The second kappa shape index (κ2) is 6.21. The Morgan fingerprint density at radius 1 is 1.45 bits per heavy atom. The number of ether oxygens (including phenoxy) is 1. The molecule has 0 saturated carbocycles. The van der Waals surface area contributed by atoms with Gasteiger partial charge in [-0.2, -0.15) is 18.2 Å². The number of carbonyl (C=O) groups excluding carboxylic acids is 2. The highest BCUT2D eigenvalue weighted by atomic mass is 19.4. The van der Waals surface area contributed by atoms with Gasteiger partial charge in [0.1, 0.15) is 6.54 Å². The largest absolute Gasteiger partial charge is 0.469 e. The van der Waals surface area contributed by atoms with E-state index in [1.54, 1.807) is 0 Å². The maximum absolute atomic E-state index is 12.4. The van der Waals surface area contributed by atoms with E-state index in [-0.39, 0.29) is 12.4 Å². The SMILES string of the molecule is COC(=O)CCN(CC(F)(F)F)C(=O)c1nc(N)n[nH]1. The quantitative estimate of drug-likeness (QED) is 0.736. The monoisotopic (exact) mass is 295 g/mol. The van der Waals surface area contributed by atoms with Crippen molar-refractivity contribution < 1.29 is 27.5 Å². The van der Waals surface area contributed by atoms with E-state index in [1.807, 2.05) is 0 Å². The number of rotatable bonds is 5. The first-order chi connectivity index (χ1) is 9.23. The Kier molecular flexibility index (Phi) is 4.88. The standard InChI is InChI=1S/C9H12F3N5O3/c1-20-5(18)2-3-17(4-9(10,11)12)7(19)6-14-8(13)16-15-6/h2-4H2,1H3,(H3,13,14,15,16). The molecule has 0 radical (unpaired) electrons. The number of aromatic amines is 1. The average molecular weight is 295 g/mol. The molecule has 0 bridgehead atoms. The van der Waals surface area contributed by atoms with Crippen molar-refractivity contribution >= 4 is 17.8 Å². The first kappa shape index (κ1) is 15.7. The minimum atomic E-state index is -4.61. The van der Waals surface area contributed by atoms with Crippen LogP contribution in [-0.4, -0.2) is 58.3 Å². The van der Waals surface area contributed by atoms with E-state index in [2.05, 4.69) is 19.9 Å². The number of nitrogens with one attached hydrogen (secondary N) is 1. The van der Waals surface area contributed by atoms with E-state index >= 15 is 0 Å². The van der Waals surface area contributed by atoms with Crippen LogP contribution in [0.15, 0.2) is 0 Å². The molecular formula is C9H12F3N5O3. The number of nitrogens with zero attached hydrogens (tertiary/aromatic N) is 3. The van der Waals surface area contributed by atoms with E-state index in [0.29, 0.717) is 4.90 Å². The van der Waals surface area contributed by atoms with Crippen molar-refractivity contribution in [2.24, 2.45) is 0 Å². The summed E-state index contributed by atoms with van der Waals surface area (Å²) in [5.74, 6) is -2.50. The number of H-pyrrole nitrogens is 1. The lowest BCUT2D eigenvalue weighted by Crippen LogP contribution is -2.40. The Morgan fingerprint density at radius 3 is 2.55 bits per heavy atom. The normalized spacial score (nSPS) is 11.2. The molecule has 0 unspecified atom stereocenters. The third-order valence-electron chi connectivity index (χ3n) is 2.18. The predicted molar refractivity (Wildman–Crippen MR) is 59.4 cm³/mol. The van der Waals surface area contributed by atoms with Crippen molar-refractivity contribution in [1.82, 2.24) is 20.1 Å². The molecule has 0 aliphatic carbocycles. The fraction of sp³-hybridized carbons (Fsp3) is 0.556. The summed E-state index contributed by atoms with van der Waals surface area (Å²) in [5.41, 5.74) is 5.17. The van der Waals surface area contributed by atoms with Crippen molar-refractivity contribution in [3.63, 3.8) is 0 Å². The highest BCUT2D eigenvalue weighted by Crippen LogP contribution is 2.18. The van der Waals surface area contributed by atoms with Crippen LogP contribution >= 0.6 is 0 Å². The molecule has 1 aromatic heterocycles. The Bertz CT molecular complexity index is 487. The lowest BCUT2D eigenvalue weighted by molar-refractivity contribution is -0.147. The fourth-order valence-corrected chi connectivity index (χ4v) is 1.32. The molecule has 11 heteroatoms. The average Bonchev–Trinajstić information content (AvgIpc) is 2.78. The molecule has 0 fully saturated rings. The number of aromatic nitrogens is 3. The number of methoxy groups -OCH3 is 1. The van der Waals surface area contributed by atoms with Crippen LogP contribution in [0.1, 0.15) is 17.0 Å². The highest BCUT2D eigenvalue weighted by molar-refractivity contribution is 5.91. The van der Waals surface area contributed by atoms with Crippen molar-refractivity contribution in [3.05, 3.63) is 5.82 Å². The van der Waals surface area contributed by atoms with E-state index in [9.17, 15) is 22.8 Å². The third-order valence-corrected chi connectivity index (χ3v) is 2.18. The summed E-state index contributed by atoms with van der Waals surface area (Å²) in [6, 6.07) is 0. The molecule has 0 saturated heterocycles. The second-order valence-corrected chi connectivity index (χ2v) is 3.71. The molecule has 1 amide bonds. The van der Waals surface area contributed by atoms with Crippen molar-refractivity contribution in [1.29, 1.82) is 0 Å². The number of hydrogen-bond acceptors (Lipinski definition) is 6. The number of esters is 1. The van der Waals surface area contributed by atoms with Crippen molar-refractivity contribution in [2.45, 2.75) is 12.6 Å². The van der Waals surface area contributed by atoms with Gasteiger partial charge in [-0.1, -0.05) is 0 Å². The van der Waals surface area contributed by atoms with Crippen LogP contribution in [0.25, 0.3) is 0 Å². The Balaban J connectivity index is 2.80. The summed E-state index contributed by atoms with van der Waals surface area (Å²) in [7, 11) is 1.09. The molecule has 1 heterocycles. The summed E-state index contributed by atoms with van der Waals surface area (Å²) in [6.45, 7) is -1.99. The number of alkyl halides is 3. The fourth-order valence-electron chi connectivity index (χ4n) is 1.32. The van der Waals surface area contributed by atoms with Crippen LogP contribution in [0.3, 0.4) is 0 Å². The molecule has 0 atom stereocenters. The first-order valence-corrected chi connectivity index (χ1v) is 5.33. The number of anilines is 1. The molecular weight excluding hydrogens is 283 g/mol. The minimum absolute atomic E-state index is 0.270. The number of amides is 1. The van der Waals surface area contributed by atoms with Crippen LogP contribution in [0.5, 0.6) is 0 Å². The first-order valence-electron chi connectivity index (χ1n) is 5.33. The predicted octanol–water partition coefficient (Wildman–Crippen LogP) is -0.0455. The van der Waals surface area contributed by atoms with E-state index in [1.165, 1.54) is 0 Å². The van der Waals surface area contributed by atoms with Gasteiger partial charge in [-0.05, 0) is 0 Å². The Hall–Kier alpha value is -2.33.